The zero-order chi connectivity index (χ0) is 30.7. The lowest BCUT2D eigenvalue weighted by molar-refractivity contribution is -0.136. The smallest absolute Gasteiger partial charge is 0.305 e. The van der Waals surface area contributed by atoms with E-state index in [0.717, 1.165) is 54.2 Å². The molecule has 3 aromatic carbocycles. The standard InChI is InChI=1S/C34H41N3O7/c1-41-32-8-3-2-6-26(32)23-42-18-5-19-43-29-13-10-27(11-14-29)37-28(21-35-22-33(37)38)24-44-30-12-9-25-7-4-16-36(31(25)20-30)17-15-34(39)40/h2-3,6,8-14,20,28,35H,4-5,7,15-19,21-24H2,1H3,(H,39,40)/t28-/m1/s1. The Bertz CT molecular complexity index is 1400. The van der Waals surface area contributed by atoms with Crippen LogP contribution in [0.2, 0.25) is 0 Å². The van der Waals surface area contributed by atoms with Crippen molar-refractivity contribution in [2.45, 2.75) is 38.3 Å². The third kappa shape index (κ3) is 8.21. The maximum absolute atomic E-state index is 13.0. The van der Waals surface area contributed by atoms with Crippen LogP contribution in [0.25, 0.3) is 0 Å². The van der Waals surface area contributed by atoms with E-state index in [1.54, 1.807) is 12.0 Å². The van der Waals surface area contributed by atoms with E-state index in [-0.39, 0.29) is 24.9 Å². The number of carboxylic acid groups (broad SMARTS) is 1. The number of carbonyl (C=O) groups excluding carboxylic acids is 1. The second-order valence-electron chi connectivity index (χ2n) is 10.9. The molecule has 2 N–H and O–H groups in total. The zero-order valence-electron chi connectivity index (χ0n) is 25.2. The molecule has 0 spiro atoms. The number of aryl methyl sites for hydroxylation is 1. The van der Waals surface area contributed by atoms with Crippen LogP contribution in [0.5, 0.6) is 17.2 Å². The van der Waals surface area contributed by atoms with Crippen molar-refractivity contribution >= 4 is 23.3 Å². The Balaban J connectivity index is 1.12. The molecule has 10 nitrogen and oxygen atoms in total. The fourth-order valence-corrected chi connectivity index (χ4v) is 5.65. The van der Waals surface area contributed by atoms with Crippen molar-refractivity contribution in [2.24, 2.45) is 0 Å². The van der Waals surface area contributed by atoms with Crippen LogP contribution in [0, 0.1) is 0 Å². The maximum Gasteiger partial charge on any atom is 0.305 e. The largest absolute Gasteiger partial charge is 0.496 e. The Hall–Kier alpha value is -4.28. The second kappa shape index (κ2) is 15.4. The number of ether oxygens (including phenoxy) is 4. The Kier molecular flexibility index (Phi) is 10.9. The first-order valence-corrected chi connectivity index (χ1v) is 15.2. The number of para-hydroxylation sites is 1. The van der Waals surface area contributed by atoms with Gasteiger partial charge in [0, 0.05) is 49.1 Å². The van der Waals surface area contributed by atoms with Crippen molar-refractivity contribution in [1.82, 2.24) is 5.32 Å². The Labute approximate surface area is 258 Å². The summed E-state index contributed by atoms with van der Waals surface area (Å²) in [5.74, 6) is 1.44. The number of methoxy groups -OCH3 is 1. The van der Waals surface area contributed by atoms with Gasteiger partial charge in [0.25, 0.3) is 0 Å². The molecule has 2 aliphatic rings. The van der Waals surface area contributed by atoms with Crippen LogP contribution in [-0.4, -0.2) is 76.1 Å². The molecule has 2 heterocycles. The average Bonchev–Trinajstić information content (AvgIpc) is 3.05. The van der Waals surface area contributed by atoms with E-state index in [2.05, 4.69) is 16.3 Å². The first-order valence-electron chi connectivity index (χ1n) is 15.2. The average molecular weight is 604 g/mol. The lowest BCUT2D eigenvalue weighted by atomic mass is 10.0. The number of aliphatic carboxylic acids is 1. The molecule has 234 valence electrons. The van der Waals surface area contributed by atoms with Gasteiger partial charge in [-0.25, -0.2) is 0 Å². The highest BCUT2D eigenvalue weighted by Gasteiger charge is 2.30. The third-order valence-corrected chi connectivity index (χ3v) is 7.87. The van der Waals surface area contributed by atoms with E-state index in [1.807, 2.05) is 60.7 Å². The minimum absolute atomic E-state index is 0.0176. The maximum atomic E-state index is 13.0. The summed E-state index contributed by atoms with van der Waals surface area (Å²) in [6.45, 7) is 4.06. The fourth-order valence-electron chi connectivity index (χ4n) is 5.65. The second-order valence-corrected chi connectivity index (χ2v) is 10.9. The van der Waals surface area contributed by atoms with Crippen molar-refractivity contribution in [3.63, 3.8) is 0 Å². The zero-order valence-corrected chi connectivity index (χ0v) is 25.2. The SMILES string of the molecule is COc1ccccc1COCCCOc1ccc(N2C(=O)CNC[C@@H]2COc2ccc3c(c2)N(CCC(=O)O)CCC3)cc1. The summed E-state index contributed by atoms with van der Waals surface area (Å²) in [6.07, 6.45) is 2.80. The van der Waals surface area contributed by atoms with Crippen molar-refractivity contribution < 1.29 is 33.6 Å². The molecule has 1 fully saturated rings. The molecule has 5 rings (SSSR count). The third-order valence-electron chi connectivity index (χ3n) is 7.87. The van der Waals surface area contributed by atoms with Gasteiger partial charge in [-0.1, -0.05) is 24.3 Å². The highest BCUT2D eigenvalue weighted by Crippen LogP contribution is 2.32. The number of nitrogens with one attached hydrogen (secondary N) is 1. The highest BCUT2D eigenvalue weighted by atomic mass is 16.5. The van der Waals surface area contributed by atoms with E-state index in [9.17, 15) is 9.59 Å². The normalized spacial score (nSPS) is 16.4. The van der Waals surface area contributed by atoms with Gasteiger partial charge in [0.15, 0.2) is 0 Å². The molecule has 2 aliphatic heterocycles. The molecule has 0 saturated carbocycles. The van der Waals surface area contributed by atoms with Gasteiger partial charge in [-0.15, -0.1) is 0 Å². The molecular formula is C34H41N3O7. The Morgan fingerprint density at radius 2 is 1.84 bits per heavy atom. The van der Waals surface area contributed by atoms with Gasteiger partial charge < -0.3 is 39.2 Å². The minimum Gasteiger partial charge on any atom is -0.496 e. The number of rotatable bonds is 15. The summed E-state index contributed by atoms with van der Waals surface area (Å²) in [7, 11) is 1.65. The molecule has 0 radical (unpaired) electrons. The van der Waals surface area contributed by atoms with Crippen LogP contribution in [0.15, 0.2) is 66.7 Å². The van der Waals surface area contributed by atoms with Gasteiger partial charge in [0.2, 0.25) is 5.91 Å². The summed E-state index contributed by atoms with van der Waals surface area (Å²) in [5.41, 5.74) is 4.04. The molecular weight excluding hydrogens is 562 g/mol. The lowest BCUT2D eigenvalue weighted by Crippen LogP contribution is -2.57. The molecule has 1 saturated heterocycles. The first kappa shape index (κ1) is 31.2. The molecule has 10 heteroatoms. The quantitative estimate of drug-likeness (QED) is 0.246. The molecule has 0 aromatic heterocycles. The molecule has 44 heavy (non-hydrogen) atoms. The molecule has 0 aliphatic carbocycles. The number of hydrogen-bond acceptors (Lipinski definition) is 8. The van der Waals surface area contributed by atoms with Gasteiger partial charge >= 0.3 is 5.97 Å². The minimum atomic E-state index is -0.801. The molecule has 0 unspecified atom stereocenters. The van der Waals surface area contributed by atoms with Crippen LogP contribution in [-0.2, 0) is 27.4 Å². The van der Waals surface area contributed by atoms with E-state index in [1.165, 1.54) is 5.56 Å². The van der Waals surface area contributed by atoms with Gasteiger partial charge in [0.05, 0.1) is 45.9 Å². The summed E-state index contributed by atoms with van der Waals surface area (Å²) < 4.78 is 23.3. The van der Waals surface area contributed by atoms with Crippen LogP contribution >= 0.6 is 0 Å². The van der Waals surface area contributed by atoms with Crippen molar-refractivity contribution in [3.05, 3.63) is 77.9 Å². The summed E-state index contributed by atoms with van der Waals surface area (Å²) in [5, 5.41) is 12.3. The number of benzene rings is 3. The lowest BCUT2D eigenvalue weighted by Gasteiger charge is -2.36. The van der Waals surface area contributed by atoms with E-state index < -0.39 is 5.97 Å². The van der Waals surface area contributed by atoms with Crippen LogP contribution in [0.3, 0.4) is 0 Å². The molecule has 3 aromatic rings. The number of piperazine rings is 1. The number of anilines is 2. The van der Waals surface area contributed by atoms with Crippen LogP contribution in [0.4, 0.5) is 11.4 Å². The number of fused-ring (bicyclic) bond motifs is 1. The number of carbonyl (C=O) groups is 2. The number of nitrogens with zero attached hydrogens (tertiary/aromatic N) is 2. The van der Waals surface area contributed by atoms with Gasteiger partial charge in [-0.05, 0) is 54.8 Å². The van der Waals surface area contributed by atoms with Gasteiger partial charge in [0.1, 0.15) is 23.9 Å². The number of carboxylic acids is 1. The van der Waals surface area contributed by atoms with E-state index in [4.69, 9.17) is 24.1 Å². The van der Waals surface area contributed by atoms with Crippen molar-refractivity contribution in [2.75, 3.05) is 62.9 Å². The summed E-state index contributed by atoms with van der Waals surface area (Å²) in [4.78, 5) is 28.0. The first-order chi connectivity index (χ1) is 21.5. The Morgan fingerprint density at radius 3 is 2.66 bits per heavy atom. The Morgan fingerprint density at radius 1 is 1.02 bits per heavy atom. The fraction of sp³-hybridized carbons (Fsp3) is 0.412. The van der Waals surface area contributed by atoms with Gasteiger partial charge in [-0.2, -0.15) is 0 Å². The number of hydrogen-bond donors (Lipinski definition) is 2. The predicted octanol–water partition coefficient (Wildman–Crippen LogP) is 4.29. The van der Waals surface area contributed by atoms with Crippen LogP contribution < -0.4 is 29.3 Å². The van der Waals surface area contributed by atoms with Gasteiger partial charge in [-0.3, -0.25) is 9.59 Å². The van der Waals surface area contributed by atoms with E-state index >= 15 is 0 Å². The monoisotopic (exact) mass is 603 g/mol. The van der Waals surface area contributed by atoms with E-state index in [0.29, 0.717) is 45.3 Å². The number of amides is 1. The summed E-state index contributed by atoms with van der Waals surface area (Å²) in [6, 6.07) is 21.2. The highest BCUT2D eigenvalue weighted by molar-refractivity contribution is 5.96. The molecule has 0 bridgehead atoms. The topological polar surface area (TPSA) is 110 Å². The molecule has 1 amide bonds. The van der Waals surface area contributed by atoms with Crippen LogP contribution in [0.1, 0.15) is 30.4 Å². The van der Waals surface area contributed by atoms with Crippen molar-refractivity contribution in [1.29, 1.82) is 0 Å². The molecule has 1 atom stereocenters. The predicted molar refractivity (Wildman–Crippen MR) is 168 cm³/mol. The van der Waals surface area contributed by atoms with Crippen molar-refractivity contribution in [3.8, 4) is 17.2 Å². The summed E-state index contributed by atoms with van der Waals surface area (Å²) >= 11 is 0.